The monoisotopic (exact) mass is 557 g/mol. The molecule has 1 aliphatic heterocycles. The number of nitrogens with zero attached hydrogens (tertiary/aromatic N) is 1. The van der Waals surface area contributed by atoms with Gasteiger partial charge in [0.1, 0.15) is 18.1 Å². The van der Waals surface area contributed by atoms with Gasteiger partial charge in [-0.25, -0.2) is 0 Å². The van der Waals surface area contributed by atoms with Gasteiger partial charge in [0, 0.05) is 38.3 Å². The van der Waals surface area contributed by atoms with Crippen LogP contribution in [0.2, 0.25) is 0 Å². The molecule has 1 saturated heterocycles. The maximum atomic E-state index is 5.65. The molecule has 2 aromatic rings. The molecule has 32 heavy (non-hydrogen) atoms. The Bertz CT molecular complexity index is 775. The first-order valence-electron chi connectivity index (χ1n) is 11.1. The maximum Gasteiger partial charge on any atom is 0.191 e. The molecule has 0 amide bonds. The molecule has 0 radical (unpaired) electrons. The minimum atomic E-state index is -0.0149. The van der Waals surface area contributed by atoms with Crippen LogP contribution in [-0.4, -0.2) is 52.5 Å². The van der Waals surface area contributed by atoms with E-state index in [1.807, 2.05) is 24.3 Å². The highest BCUT2D eigenvalue weighted by molar-refractivity contribution is 14.0. The van der Waals surface area contributed by atoms with E-state index < -0.39 is 0 Å². The Morgan fingerprint density at radius 2 is 1.91 bits per heavy atom. The third-order valence-electron chi connectivity index (χ3n) is 5.62. The van der Waals surface area contributed by atoms with Crippen LogP contribution in [0.4, 0.5) is 0 Å². The van der Waals surface area contributed by atoms with Crippen molar-refractivity contribution >= 4 is 29.9 Å². The number of halogens is 1. The molecule has 2 heterocycles. The van der Waals surface area contributed by atoms with E-state index in [2.05, 4.69) is 29.7 Å². The summed E-state index contributed by atoms with van der Waals surface area (Å²) >= 11 is 0. The number of furan rings is 1. The maximum absolute atomic E-state index is 5.65. The van der Waals surface area contributed by atoms with Gasteiger partial charge in [-0.05, 0) is 56.0 Å². The molecule has 1 aliphatic rings. The highest BCUT2D eigenvalue weighted by Gasteiger charge is 2.34. The van der Waals surface area contributed by atoms with Crippen molar-refractivity contribution in [3.63, 3.8) is 0 Å². The summed E-state index contributed by atoms with van der Waals surface area (Å²) in [4.78, 5) is 4.94. The predicted molar refractivity (Wildman–Crippen MR) is 137 cm³/mol. The van der Waals surface area contributed by atoms with E-state index in [4.69, 9.17) is 23.6 Å². The van der Waals surface area contributed by atoms with Gasteiger partial charge in [0.15, 0.2) is 5.96 Å². The smallest absolute Gasteiger partial charge is 0.191 e. The van der Waals surface area contributed by atoms with Crippen LogP contribution in [0, 0.1) is 0 Å². The molecule has 0 spiro atoms. The zero-order valence-electron chi connectivity index (χ0n) is 19.1. The highest BCUT2D eigenvalue weighted by Crippen LogP contribution is 2.36. The molecule has 8 heteroatoms. The summed E-state index contributed by atoms with van der Waals surface area (Å²) in [5.74, 6) is 2.56. The standard InChI is InChI=1S/C24H35N3O4.HI/c1-3-25-23(26-13-5-14-30-18-22-6-4-15-31-22)27-19-24(11-16-29-17-12-24)20-7-9-21(28-2)10-8-20;/h4,6-10,15H,3,5,11-14,16-19H2,1-2H3,(H2,25,26,27);1H. The average molecular weight is 557 g/mol. The summed E-state index contributed by atoms with van der Waals surface area (Å²) < 4.78 is 21.9. The fourth-order valence-corrected chi connectivity index (χ4v) is 3.77. The van der Waals surface area contributed by atoms with Gasteiger partial charge in [0.2, 0.25) is 0 Å². The summed E-state index contributed by atoms with van der Waals surface area (Å²) in [6, 6.07) is 12.2. The van der Waals surface area contributed by atoms with Gasteiger partial charge in [-0.1, -0.05) is 12.1 Å². The van der Waals surface area contributed by atoms with E-state index in [0.717, 1.165) is 63.0 Å². The molecule has 0 bridgehead atoms. The zero-order valence-corrected chi connectivity index (χ0v) is 21.4. The van der Waals surface area contributed by atoms with Gasteiger partial charge in [-0.2, -0.15) is 0 Å². The van der Waals surface area contributed by atoms with E-state index in [9.17, 15) is 0 Å². The first-order chi connectivity index (χ1) is 15.3. The molecular weight excluding hydrogens is 521 g/mol. The molecule has 7 nitrogen and oxygen atoms in total. The summed E-state index contributed by atoms with van der Waals surface area (Å²) in [6.45, 7) is 7.11. The van der Waals surface area contributed by atoms with Crippen LogP contribution in [0.5, 0.6) is 5.75 Å². The second-order valence-corrected chi connectivity index (χ2v) is 7.73. The Labute approximate surface area is 208 Å². The van der Waals surface area contributed by atoms with Crippen LogP contribution in [0.3, 0.4) is 0 Å². The van der Waals surface area contributed by atoms with E-state index in [-0.39, 0.29) is 29.4 Å². The van der Waals surface area contributed by atoms with Crippen LogP contribution in [0.15, 0.2) is 52.1 Å². The number of rotatable bonds is 11. The summed E-state index contributed by atoms with van der Waals surface area (Å²) in [6.07, 6.45) is 4.48. The number of nitrogens with one attached hydrogen (secondary N) is 2. The van der Waals surface area contributed by atoms with Gasteiger partial charge < -0.3 is 29.3 Å². The van der Waals surface area contributed by atoms with Crippen LogP contribution in [-0.2, 0) is 21.5 Å². The molecular formula is C24H36IN3O4. The van der Waals surface area contributed by atoms with Crippen molar-refractivity contribution in [3.05, 3.63) is 54.0 Å². The Kier molecular flexibility index (Phi) is 11.9. The minimum absolute atomic E-state index is 0. The summed E-state index contributed by atoms with van der Waals surface area (Å²) in [5.41, 5.74) is 1.28. The molecule has 0 atom stereocenters. The van der Waals surface area contributed by atoms with Gasteiger partial charge in [-0.3, -0.25) is 4.99 Å². The number of ether oxygens (including phenoxy) is 3. The second kappa shape index (κ2) is 14.4. The third kappa shape index (κ3) is 7.97. The van der Waals surface area contributed by atoms with E-state index in [1.54, 1.807) is 13.4 Å². The van der Waals surface area contributed by atoms with Crippen LogP contribution in [0.25, 0.3) is 0 Å². The van der Waals surface area contributed by atoms with Crippen molar-refractivity contribution in [2.75, 3.05) is 46.6 Å². The zero-order chi connectivity index (χ0) is 21.8. The van der Waals surface area contributed by atoms with Crippen LogP contribution in [0.1, 0.15) is 37.5 Å². The lowest BCUT2D eigenvalue weighted by Gasteiger charge is -2.36. The largest absolute Gasteiger partial charge is 0.497 e. The van der Waals surface area contributed by atoms with E-state index in [0.29, 0.717) is 19.8 Å². The molecule has 178 valence electrons. The lowest BCUT2D eigenvalue weighted by atomic mass is 9.74. The van der Waals surface area contributed by atoms with E-state index in [1.165, 1.54) is 5.56 Å². The second-order valence-electron chi connectivity index (χ2n) is 7.73. The quantitative estimate of drug-likeness (QED) is 0.188. The fourth-order valence-electron chi connectivity index (χ4n) is 3.77. The summed E-state index contributed by atoms with van der Waals surface area (Å²) in [7, 11) is 1.69. The number of aliphatic imine (C=N–C) groups is 1. The summed E-state index contributed by atoms with van der Waals surface area (Å²) in [5, 5.41) is 6.78. The lowest BCUT2D eigenvalue weighted by Crippen LogP contribution is -2.41. The Morgan fingerprint density at radius 3 is 2.56 bits per heavy atom. The third-order valence-corrected chi connectivity index (χ3v) is 5.62. The van der Waals surface area contributed by atoms with Crippen molar-refractivity contribution in [2.24, 2.45) is 4.99 Å². The number of hydrogen-bond donors (Lipinski definition) is 2. The molecule has 0 aliphatic carbocycles. The Hall–Kier alpha value is -1.78. The molecule has 0 saturated carbocycles. The molecule has 1 aromatic heterocycles. The van der Waals surface area contributed by atoms with Gasteiger partial charge >= 0.3 is 0 Å². The number of methoxy groups -OCH3 is 1. The van der Waals surface area contributed by atoms with E-state index >= 15 is 0 Å². The highest BCUT2D eigenvalue weighted by atomic mass is 127. The predicted octanol–water partition coefficient (Wildman–Crippen LogP) is 4.12. The van der Waals surface area contributed by atoms with Gasteiger partial charge in [0.25, 0.3) is 0 Å². The fraction of sp³-hybridized carbons (Fsp3) is 0.542. The van der Waals surface area contributed by atoms with Crippen molar-refractivity contribution in [1.29, 1.82) is 0 Å². The van der Waals surface area contributed by atoms with Crippen molar-refractivity contribution in [3.8, 4) is 5.75 Å². The molecule has 2 N–H and O–H groups in total. The molecule has 3 rings (SSSR count). The molecule has 0 unspecified atom stereocenters. The topological polar surface area (TPSA) is 77.3 Å². The van der Waals surface area contributed by atoms with Crippen LogP contribution >= 0.6 is 24.0 Å². The number of hydrogen-bond acceptors (Lipinski definition) is 5. The van der Waals surface area contributed by atoms with Crippen molar-refractivity contribution in [1.82, 2.24) is 10.6 Å². The molecule has 1 aromatic carbocycles. The van der Waals surface area contributed by atoms with Crippen LogP contribution < -0.4 is 15.4 Å². The molecule has 1 fully saturated rings. The van der Waals surface area contributed by atoms with Crippen molar-refractivity contribution < 1.29 is 18.6 Å². The first-order valence-corrected chi connectivity index (χ1v) is 11.1. The van der Waals surface area contributed by atoms with Gasteiger partial charge in [-0.15, -0.1) is 24.0 Å². The Balaban J connectivity index is 0.00000363. The number of benzene rings is 1. The lowest BCUT2D eigenvalue weighted by molar-refractivity contribution is 0.0531. The average Bonchev–Trinajstić information content (AvgIpc) is 3.34. The minimum Gasteiger partial charge on any atom is -0.497 e. The Morgan fingerprint density at radius 1 is 1.12 bits per heavy atom. The normalized spacial score (nSPS) is 15.6. The SMILES string of the molecule is CCNC(=NCC1(c2ccc(OC)cc2)CCOCC1)NCCCOCc1ccco1.I. The first kappa shape index (κ1) is 26.5. The van der Waals surface area contributed by atoms with Crippen molar-refractivity contribution in [2.45, 2.75) is 38.2 Å². The number of guanidine groups is 1. The van der Waals surface area contributed by atoms with Gasteiger partial charge in [0.05, 0.1) is 19.9 Å².